The predicted molar refractivity (Wildman–Crippen MR) is 145 cm³/mol. The van der Waals surface area contributed by atoms with E-state index in [1.807, 2.05) is 38.2 Å². The Kier molecular flexibility index (Phi) is 5.25. The van der Waals surface area contributed by atoms with Crippen LogP contribution in [0, 0.1) is 13.8 Å². The number of benzene rings is 1. The molecular formula is C27H28N10O. The molecule has 1 unspecified atom stereocenters. The molecule has 7 rings (SSSR count). The van der Waals surface area contributed by atoms with Crippen LogP contribution in [0.3, 0.4) is 0 Å². The third kappa shape index (κ3) is 3.82. The lowest BCUT2D eigenvalue weighted by Crippen LogP contribution is -2.26. The number of para-hydroxylation sites is 1. The van der Waals surface area contributed by atoms with Crippen molar-refractivity contribution in [3.8, 4) is 11.1 Å². The number of rotatable bonds is 5. The summed E-state index contributed by atoms with van der Waals surface area (Å²) in [7, 11) is 2.12. The molecule has 192 valence electrons. The quantitative estimate of drug-likeness (QED) is 0.357. The van der Waals surface area contributed by atoms with Gasteiger partial charge in [0.2, 0.25) is 0 Å². The first-order valence-corrected chi connectivity index (χ1v) is 12.7. The zero-order chi connectivity index (χ0) is 25.8. The summed E-state index contributed by atoms with van der Waals surface area (Å²) in [6.07, 6.45) is 4.74. The first kappa shape index (κ1) is 22.7. The maximum Gasteiger partial charge on any atom is 0.159 e. The molecule has 1 aromatic carbocycles. The summed E-state index contributed by atoms with van der Waals surface area (Å²) in [4.78, 5) is 15.9. The number of hydrogen-bond acceptors (Lipinski definition) is 9. The molecular weight excluding hydrogens is 480 g/mol. The van der Waals surface area contributed by atoms with Gasteiger partial charge in [0, 0.05) is 48.7 Å². The molecule has 0 bridgehead atoms. The van der Waals surface area contributed by atoms with Crippen LogP contribution in [-0.2, 0) is 11.3 Å². The largest absolute Gasteiger partial charge is 0.379 e. The minimum Gasteiger partial charge on any atom is -0.379 e. The molecule has 38 heavy (non-hydrogen) atoms. The van der Waals surface area contributed by atoms with Crippen molar-refractivity contribution in [2.45, 2.75) is 32.9 Å². The Morgan fingerprint density at radius 1 is 0.974 bits per heavy atom. The molecule has 0 spiro atoms. The number of fused-ring (bicyclic) bond motifs is 4. The minimum absolute atomic E-state index is 0.299. The van der Waals surface area contributed by atoms with Crippen molar-refractivity contribution in [3.63, 3.8) is 0 Å². The summed E-state index contributed by atoms with van der Waals surface area (Å²) < 4.78 is 9.59. The van der Waals surface area contributed by atoms with Gasteiger partial charge in [0.05, 0.1) is 48.7 Å². The molecule has 4 aromatic heterocycles. The first-order valence-electron chi connectivity index (χ1n) is 12.7. The zero-order valence-electron chi connectivity index (χ0n) is 21.5. The third-order valence-corrected chi connectivity index (χ3v) is 7.09. The van der Waals surface area contributed by atoms with E-state index in [1.54, 1.807) is 10.7 Å². The number of ether oxygens (including phenoxy) is 1. The van der Waals surface area contributed by atoms with E-state index in [9.17, 15) is 0 Å². The fourth-order valence-electron chi connectivity index (χ4n) is 5.49. The Balaban J connectivity index is 1.27. The van der Waals surface area contributed by atoms with Gasteiger partial charge in [0.1, 0.15) is 23.3 Å². The van der Waals surface area contributed by atoms with Crippen LogP contribution in [0.15, 0.2) is 48.8 Å². The molecule has 0 aliphatic carbocycles. The molecule has 0 amide bonds. The fourth-order valence-corrected chi connectivity index (χ4v) is 5.49. The Bertz CT molecular complexity index is 1650. The van der Waals surface area contributed by atoms with Gasteiger partial charge in [-0.15, -0.1) is 0 Å². The number of aromatic nitrogens is 7. The van der Waals surface area contributed by atoms with Crippen molar-refractivity contribution in [1.29, 1.82) is 0 Å². The van der Waals surface area contributed by atoms with Gasteiger partial charge in [-0.3, -0.25) is 4.68 Å². The van der Waals surface area contributed by atoms with E-state index in [0.29, 0.717) is 23.5 Å². The molecule has 1 saturated heterocycles. The standard InChI is InChI=1S/C27H28N10O/c1-16-11-23(31-17(2)30-16)33-24-12-26(37-25(34-24)7-9-28-37)32-21-6-4-5-19-20-13-29-36(18-8-10-38-15-18)22(20)14-35(3)27(19)21/h4-7,9,11-13,18,32H,8,10,14-15H2,1-3H3,(H,30,31,33,34). The summed E-state index contributed by atoms with van der Waals surface area (Å²) in [6.45, 7) is 6.11. The van der Waals surface area contributed by atoms with Gasteiger partial charge < -0.3 is 20.3 Å². The smallest absolute Gasteiger partial charge is 0.159 e. The van der Waals surface area contributed by atoms with E-state index in [-0.39, 0.29) is 0 Å². The number of nitrogens with zero attached hydrogens (tertiary/aromatic N) is 8. The van der Waals surface area contributed by atoms with Crippen LogP contribution in [0.4, 0.5) is 28.8 Å². The Morgan fingerprint density at radius 2 is 1.87 bits per heavy atom. The highest BCUT2D eigenvalue weighted by Gasteiger charge is 2.29. The maximum absolute atomic E-state index is 5.63. The summed E-state index contributed by atoms with van der Waals surface area (Å²) in [5.74, 6) is 2.86. The van der Waals surface area contributed by atoms with Crippen LogP contribution < -0.4 is 15.5 Å². The van der Waals surface area contributed by atoms with Gasteiger partial charge >= 0.3 is 0 Å². The van der Waals surface area contributed by atoms with Gasteiger partial charge in [-0.05, 0) is 26.3 Å². The lowest BCUT2D eigenvalue weighted by molar-refractivity contribution is 0.184. The maximum atomic E-state index is 5.63. The van der Waals surface area contributed by atoms with Crippen molar-refractivity contribution in [2.75, 3.05) is 35.8 Å². The molecule has 6 heterocycles. The van der Waals surface area contributed by atoms with Crippen LogP contribution in [-0.4, -0.2) is 54.6 Å². The number of anilines is 5. The molecule has 0 radical (unpaired) electrons. The Labute approximate surface area is 219 Å². The van der Waals surface area contributed by atoms with E-state index in [1.165, 1.54) is 11.3 Å². The monoisotopic (exact) mass is 508 g/mol. The van der Waals surface area contributed by atoms with E-state index < -0.39 is 0 Å². The van der Waals surface area contributed by atoms with Crippen molar-refractivity contribution in [3.05, 3.63) is 66.0 Å². The van der Waals surface area contributed by atoms with Gasteiger partial charge in [-0.1, -0.05) is 12.1 Å². The van der Waals surface area contributed by atoms with Crippen LogP contribution in [0.1, 0.15) is 29.7 Å². The molecule has 11 heteroatoms. The SMILES string of the molecule is Cc1cc(Nc2cc(Nc3cccc4c3N(C)Cc3c-4cnn3C3CCOC3)n3nccc3n2)nc(C)n1. The summed E-state index contributed by atoms with van der Waals surface area (Å²) in [5, 5.41) is 16.2. The van der Waals surface area contributed by atoms with Crippen LogP contribution in [0.25, 0.3) is 16.8 Å². The number of nitrogens with one attached hydrogen (secondary N) is 2. The Morgan fingerprint density at radius 3 is 2.71 bits per heavy atom. The highest BCUT2D eigenvalue weighted by Crippen LogP contribution is 2.44. The second-order valence-corrected chi connectivity index (χ2v) is 9.84. The molecule has 0 saturated carbocycles. The zero-order valence-corrected chi connectivity index (χ0v) is 21.5. The molecule has 2 aliphatic rings. The summed E-state index contributed by atoms with van der Waals surface area (Å²) in [5.41, 5.74) is 7.27. The number of hydrogen-bond donors (Lipinski definition) is 2. The average Bonchev–Trinajstić information content (AvgIpc) is 3.64. The molecule has 5 aromatic rings. The van der Waals surface area contributed by atoms with Gasteiger partial charge in [0.15, 0.2) is 5.65 Å². The normalized spacial score (nSPS) is 16.5. The highest BCUT2D eigenvalue weighted by molar-refractivity contribution is 5.92. The fraction of sp³-hybridized carbons (Fsp3) is 0.296. The summed E-state index contributed by atoms with van der Waals surface area (Å²) >= 11 is 0. The molecule has 1 atom stereocenters. The molecule has 11 nitrogen and oxygen atoms in total. The van der Waals surface area contributed by atoms with Gasteiger partial charge in [-0.2, -0.15) is 14.7 Å². The second kappa shape index (κ2) is 8.80. The minimum atomic E-state index is 0.299. The van der Waals surface area contributed by atoms with Crippen molar-refractivity contribution in [2.24, 2.45) is 0 Å². The number of aryl methyl sites for hydroxylation is 2. The molecule has 2 N–H and O–H groups in total. The average molecular weight is 509 g/mol. The van der Waals surface area contributed by atoms with Crippen LogP contribution >= 0.6 is 0 Å². The van der Waals surface area contributed by atoms with Gasteiger partial charge in [0.25, 0.3) is 0 Å². The summed E-state index contributed by atoms with van der Waals surface area (Å²) in [6, 6.07) is 12.4. The predicted octanol–water partition coefficient (Wildman–Crippen LogP) is 4.40. The van der Waals surface area contributed by atoms with E-state index in [4.69, 9.17) is 14.8 Å². The van der Waals surface area contributed by atoms with Crippen molar-refractivity contribution < 1.29 is 4.74 Å². The van der Waals surface area contributed by atoms with Gasteiger partial charge in [-0.25, -0.2) is 15.0 Å². The van der Waals surface area contributed by atoms with Crippen LogP contribution in [0.5, 0.6) is 0 Å². The molecule has 1 fully saturated rings. The highest BCUT2D eigenvalue weighted by atomic mass is 16.5. The lowest BCUT2D eigenvalue weighted by Gasteiger charge is -2.31. The van der Waals surface area contributed by atoms with E-state index in [0.717, 1.165) is 60.3 Å². The van der Waals surface area contributed by atoms with Crippen molar-refractivity contribution in [1.82, 2.24) is 34.3 Å². The van der Waals surface area contributed by atoms with E-state index >= 15 is 0 Å². The third-order valence-electron chi connectivity index (χ3n) is 7.09. The topological polar surface area (TPSA) is 110 Å². The molecule has 2 aliphatic heterocycles. The van der Waals surface area contributed by atoms with E-state index in [2.05, 4.69) is 60.5 Å². The van der Waals surface area contributed by atoms with Crippen molar-refractivity contribution >= 4 is 34.5 Å². The Hall–Kier alpha value is -4.51. The second-order valence-electron chi connectivity index (χ2n) is 9.84. The first-order chi connectivity index (χ1) is 18.5. The lowest BCUT2D eigenvalue weighted by atomic mass is 9.97. The van der Waals surface area contributed by atoms with Crippen LogP contribution in [0.2, 0.25) is 0 Å².